The van der Waals surface area contributed by atoms with Crippen LogP contribution in [0.1, 0.15) is 30.5 Å². The SMILES string of the molecule is CC1CC(c2ccccc2)n2nc(NC(=O)Cc3ccccc3)nc2N1. The number of aromatic nitrogens is 3. The first kappa shape index (κ1) is 16.3. The van der Waals surface area contributed by atoms with Crippen molar-refractivity contribution in [1.82, 2.24) is 14.8 Å². The molecule has 1 aliphatic heterocycles. The first-order valence-corrected chi connectivity index (χ1v) is 8.81. The van der Waals surface area contributed by atoms with Gasteiger partial charge in [0.2, 0.25) is 11.9 Å². The number of fused-ring (bicyclic) bond motifs is 1. The molecular weight excluding hydrogens is 326 g/mol. The lowest BCUT2D eigenvalue weighted by Crippen LogP contribution is -2.31. The zero-order chi connectivity index (χ0) is 17.9. The number of amides is 1. The minimum atomic E-state index is -0.122. The van der Waals surface area contributed by atoms with Gasteiger partial charge in [-0.15, -0.1) is 5.10 Å². The minimum Gasteiger partial charge on any atom is -0.352 e. The van der Waals surface area contributed by atoms with Gasteiger partial charge in [0.25, 0.3) is 5.95 Å². The monoisotopic (exact) mass is 347 g/mol. The van der Waals surface area contributed by atoms with E-state index in [2.05, 4.69) is 39.8 Å². The van der Waals surface area contributed by atoms with Crippen molar-refractivity contribution in [3.63, 3.8) is 0 Å². The molecule has 2 atom stereocenters. The Bertz CT molecular complexity index is 891. The molecule has 3 aromatic rings. The van der Waals surface area contributed by atoms with Crippen molar-refractivity contribution in [2.75, 3.05) is 10.6 Å². The zero-order valence-corrected chi connectivity index (χ0v) is 14.6. The summed E-state index contributed by atoms with van der Waals surface area (Å²) in [5.41, 5.74) is 2.15. The van der Waals surface area contributed by atoms with Gasteiger partial charge in [0, 0.05) is 6.04 Å². The van der Waals surface area contributed by atoms with E-state index in [1.54, 1.807) is 0 Å². The largest absolute Gasteiger partial charge is 0.352 e. The van der Waals surface area contributed by atoms with Crippen LogP contribution in [0.5, 0.6) is 0 Å². The van der Waals surface area contributed by atoms with Gasteiger partial charge in [-0.25, -0.2) is 4.68 Å². The Morgan fingerprint density at radius 1 is 1.15 bits per heavy atom. The lowest BCUT2D eigenvalue weighted by molar-refractivity contribution is -0.115. The van der Waals surface area contributed by atoms with Crippen molar-refractivity contribution in [1.29, 1.82) is 0 Å². The summed E-state index contributed by atoms with van der Waals surface area (Å²) in [7, 11) is 0. The van der Waals surface area contributed by atoms with Crippen LogP contribution in [0.3, 0.4) is 0 Å². The molecule has 0 saturated heterocycles. The highest BCUT2D eigenvalue weighted by Crippen LogP contribution is 2.31. The Hall–Kier alpha value is -3.15. The predicted molar refractivity (Wildman–Crippen MR) is 101 cm³/mol. The molecule has 0 aliphatic carbocycles. The second-order valence-corrected chi connectivity index (χ2v) is 6.62. The number of rotatable bonds is 4. The van der Waals surface area contributed by atoms with Crippen LogP contribution >= 0.6 is 0 Å². The van der Waals surface area contributed by atoms with Gasteiger partial charge < -0.3 is 5.32 Å². The highest BCUT2D eigenvalue weighted by atomic mass is 16.1. The Kier molecular flexibility index (Phi) is 4.39. The maximum atomic E-state index is 12.3. The summed E-state index contributed by atoms with van der Waals surface area (Å²) in [6.45, 7) is 2.13. The maximum Gasteiger partial charge on any atom is 0.250 e. The van der Waals surface area contributed by atoms with E-state index in [1.807, 2.05) is 53.2 Å². The quantitative estimate of drug-likeness (QED) is 0.760. The normalized spacial score (nSPS) is 18.7. The molecule has 26 heavy (non-hydrogen) atoms. The van der Waals surface area contributed by atoms with Crippen molar-refractivity contribution >= 4 is 17.8 Å². The number of nitrogens with zero attached hydrogens (tertiary/aromatic N) is 3. The molecule has 2 heterocycles. The maximum absolute atomic E-state index is 12.3. The molecule has 2 aromatic carbocycles. The van der Waals surface area contributed by atoms with Gasteiger partial charge in [0.05, 0.1) is 12.5 Å². The van der Waals surface area contributed by atoms with Crippen molar-refractivity contribution in [3.05, 3.63) is 71.8 Å². The summed E-state index contributed by atoms with van der Waals surface area (Å²) in [5.74, 6) is 0.902. The van der Waals surface area contributed by atoms with Crippen LogP contribution in [0.2, 0.25) is 0 Å². The van der Waals surface area contributed by atoms with E-state index >= 15 is 0 Å². The number of benzene rings is 2. The van der Waals surface area contributed by atoms with Gasteiger partial charge in [-0.1, -0.05) is 60.7 Å². The molecule has 2 N–H and O–H groups in total. The third-order valence-electron chi connectivity index (χ3n) is 4.52. The van der Waals surface area contributed by atoms with E-state index in [4.69, 9.17) is 0 Å². The molecule has 0 radical (unpaired) electrons. The van der Waals surface area contributed by atoms with Crippen molar-refractivity contribution in [3.8, 4) is 0 Å². The zero-order valence-electron chi connectivity index (χ0n) is 14.6. The second-order valence-electron chi connectivity index (χ2n) is 6.62. The van der Waals surface area contributed by atoms with Gasteiger partial charge in [-0.3, -0.25) is 10.1 Å². The van der Waals surface area contributed by atoms with E-state index in [0.29, 0.717) is 18.3 Å². The molecule has 6 heteroatoms. The number of hydrogen-bond acceptors (Lipinski definition) is 4. The smallest absolute Gasteiger partial charge is 0.250 e. The minimum absolute atomic E-state index is 0.106. The summed E-state index contributed by atoms with van der Waals surface area (Å²) in [6.07, 6.45) is 1.22. The Morgan fingerprint density at radius 3 is 2.58 bits per heavy atom. The fourth-order valence-electron chi connectivity index (χ4n) is 3.31. The van der Waals surface area contributed by atoms with Crippen LogP contribution in [0.4, 0.5) is 11.9 Å². The summed E-state index contributed by atoms with van der Waals surface area (Å²) in [6, 6.07) is 20.3. The number of carbonyl (C=O) groups is 1. The number of nitrogens with one attached hydrogen (secondary N) is 2. The fourth-order valence-corrected chi connectivity index (χ4v) is 3.31. The van der Waals surface area contributed by atoms with Crippen LogP contribution in [0.15, 0.2) is 60.7 Å². The molecule has 2 unspecified atom stereocenters. The first-order chi connectivity index (χ1) is 12.7. The number of hydrogen-bond donors (Lipinski definition) is 2. The fraction of sp³-hybridized carbons (Fsp3) is 0.250. The van der Waals surface area contributed by atoms with Crippen LogP contribution in [-0.4, -0.2) is 26.7 Å². The van der Waals surface area contributed by atoms with E-state index in [-0.39, 0.29) is 18.0 Å². The number of anilines is 2. The first-order valence-electron chi connectivity index (χ1n) is 8.81. The third-order valence-corrected chi connectivity index (χ3v) is 4.52. The Balaban J connectivity index is 1.54. The van der Waals surface area contributed by atoms with Gasteiger partial charge in [-0.2, -0.15) is 4.98 Å². The molecule has 1 aliphatic rings. The molecular formula is C20H21N5O. The molecule has 0 bridgehead atoms. The van der Waals surface area contributed by atoms with Crippen LogP contribution < -0.4 is 10.6 Å². The summed E-state index contributed by atoms with van der Waals surface area (Å²) < 4.78 is 1.87. The van der Waals surface area contributed by atoms with Gasteiger partial charge in [0.15, 0.2) is 0 Å². The molecule has 0 spiro atoms. The average molecular weight is 347 g/mol. The molecule has 132 valence electrons. The van der Waals surface area contributed by atoms with Gasteiger partial charge in [0.1, 0.15) is 0 Å². The van der Waals surface area contributed by atoms with E-state index in [1.165, 1.54) is 5.56 Å². The molecule has 1 aromatic heterocycles. The topological polar surface area (TPSA) is 71.8 Å². The number of carbonyl (C=O) groups excluding carboxylic acids is 1. The average Bonchev–Trinajstić information content (AvgIpc) is 3.04. The Labute approximate surface area is 152 Å². The lowest BCUT2D eigenvalue weighted by atomic mass is 9.99. The van der Waals surface area contributed by atoms with Gasteiger partial charge >= 0.3 is 0 Å². The molecule has 4 rings (SSSR count). The van der Waals surface area contributed by atoms with Crippen molar-refractivity contribution in [2.45, 2.75) is 31.8 Å². The summed E-state index contributed by atoms with van der Waals surface area (Å²) in [5, 5.41) is 10.7. The van der Waals surface area contributed by atoms with E-state index in [0.717, 1.165) is 12.0 Å². The summed E-state index contributed by atoms with van der Waals surface area (Å²) >= 11 is 0. The Morgan fingerprint density at radius 2 is 1.85 bits per heavy atom. The third kappa shape index (κ3) is 3.44. The molecule has 0 saturated carbocycles. The van der Waals surface area contributed by atoms with Crippen molar-refractivity contribution in [2.24, 2.45) is 0 Å². The van der Waals surface area contributed by atoms with Gasteiger partial charge in [-0.05, 0) is 24.5 Å². The molecule has 1 amide bonds. The second kappa shape index (κ2) is 7.00. The lowest BCUT2D eigenvalue weighted by Gasteiger charge is -2.29. The molecule has 0 fully saturated rings. The predicted octanol–water partition coefficient (Wildman–Crippen LogP) is 3.25. The van der Waals surface area contributed by atoms with Crippen molar-refractivity contribution < 1.29 is 4.79 Å². The standard InChI is InChI=1S/C20H21N5O/c1-14-12-17(16-10-6-3-7-11-16)25-20(21-14)23-19(24-25)22-18(26)13-15-8-4-2-5-9-15/h2-11,14,17H,12-13H2,1H3,(H2,21,22,23,24,26). The highest BCUT2D eigenvalue weighted by molar-refractivity contribution is 5.90. The van der Waals surface area contributed by atoms with E-state index < -0.39 is 0 Å². The van der Waals surface area contributed by atoms with Crippen LogP contribution in [0, 0.1) is 0 Å². The molecule has 6 nitrogen and oxygen atoms in total. The van der Waals surface area contributed by atoms with Crippen LogP contribution in [0.25, 0.3) is 0 Å². The van der Waals surface area contributed by atoms with Crippen LogP contribution in [-0.2, 0) is 11.2 Å². The highest BCUT2D eigenvalue weighted by Gasteiger charge is 2.28. The summed E-state index contributed by atoms with van der Waals surface area (Å²) in [4.78, 5) is 16.8. The van der Waals surface area contributed by atoms with E-state index in [9.17, 15) is 4.79 Å².